The van der Waals surface area contributed by atoms with Gasteiger partial charge < -0.3 is 10.4 Å². The number of nitrogens with zero attached hydrogens (tertiary/aromatic N) is 1. The Bertz CT molecular complexity index is 803. The van der Waals surface area contributed by atoms with Crippen LogP contribution in [0.3, 0.4) is 0 Å². The molecule has 0 aliphatic carbocycles. The van der Waals surface area contributed by atoms with Crippen LogP contribution in [0.5, 0.6) is 0 Å². The van der Waals surface area contributed by atoms with Gasteiger partial charge >= 0.3 is 5.97 Å². The first-order valence-corrected chi connectivity index (χ1v) is 8.49. The van der Waals surface area contributed by atoms with Crippen molar-refractivity contribution in [2.45, 2.75) is 19.9 Å². The second-order valence-corrected chi connectivity index (χ2v) is 6.67. The molecule has 24 heavy (non-hydrogen) atoms. The lowest BCUT2D eigenvalue weighted by Gasteiger charge is -2.25. The molecule has 0 unspecified atom stereocenters. The number of carboxylic acid groups (broad SMARTS) is 1. The summed E-state index contributed by atoms with van der Waals surface area (Å²) in [6.45, 7) is 4.40. The number of nitrogens with one attached hydrogen (secondary N) is 1. The SMILES string of the molecule is CCN1CCc2c(sc(NC(=O)c3ccccc3F)c2C(=O)O)C1. The zero-order valence-corrected chi connectivity index (χ0v) is 14.0. The van der Waals surface area contributed by atoms with Gasteiger partial charge in [0, 0.05) is 18.0 Å². The molecule has 5 nitrogen and oxygen atoms in total. The third-order valence-electron chi connectivity index (χ3n) is 4.14. The van der Waals surface area contributed by atoms with Crippen molar-refractivity contribution in [2.75, 3.05) is 18.4 Å². The summed E-state index contributed by atoms with van der Waals surface area (Å²) >= 11 is 1.26. The van der Waals surface area contributed by atoms with E-state index in [9.17, 15) is 19.1 Å². The van der Waals surface area contributed by atoms with Crippen molar-refractivity contribution in [1.29, 1.82) is 0 Å². The first-order valence-electron chi connectivity index (χ1n) is 7.67. The van der Waals surface area contributed by atoms with Crippen LogP contribution in [0.15, 0.2) is 24.3 Å². The summed E-state index contributed by atoms with van der Waals surface area (Å²) in [6, 6.07) is 5.63. The molecule has 1 aromatic heterocycles. The monoisotopic (exact) mass is 348 g/mol. The zero-order chi connectivity index (χ0) is 17.3. The van der Waals surface area contributed by atoms with E-state index >= 15 is 0 Å². The van der Waals surface area contributed by atoms with E-state index in [1.807, 2.05) is 0 Å². The van der Waals surface area contributed by atoms with E-state index in [0.717, 1.165) is 23.5 Å². The summed E-state index contributed by atoms with van der Waals surface area (Å²) in [5.74, 6) is -2.34. The maximum absolute atomic E-state index is 13.7. The van der Waals surface area contributed by atoms with Gasteiger partial charge in [0.2, 0.25) is 0 Å². The molecule has 126 valence electrons. The number of likely N-dealkylation sites (N-methyl/N-ethyl adjacent to an activating group) is 1. The standard InChI is InChI=1S/C17H17FN2O3S/c1-2-20-8-7-11-13(9-20)24-16(14(11)17(22)23)19-15(21)10-5-3-4-6-12(10)18/h3-6H,2,7-9H2,1H3,(H,19,21)(H,22,23). The van der Waals surface area contributed by atoms with E-state index in [1.165, 1.54) is 29.5 Å². The number of hydrogen-bond acceptors (Lipinski definition) is 4. The number of benzene rings is 1. The highest BCUT2D eigenvalue weighted by Crippen LogP contribution is 2.37. The van der Waals surface area contributed by atoms with E-state index in [-0.39, 0.29) is 16.1 Å². The van der Waals surface area contributed by atoms with Gasteiger partial charge in [0.25, 0.3) is 5.91 Å². The maximum atomic E-state index is 13.7. The smallest absolute Gasteiger partial charge is 0.339 e. The first-order chi connectivity index (χ1) is 11.5. The Morgan fingerprint density at radius 2 is 2.12 bits per heavy atom. The van der Waals surface area contributed by atoms with Gasteiger partial charge in [-0.1, -0.05) is 19.1 Å². The van der Waals surface area contributed by atoms with E-state index in [1.54, 1.807) is 6.07 Å². The van der Waals surface area contributed by atoms with E-state index in [0.29, 0.717) is 13.0 Å². The number of thiophene rings is 1. The summed E-state index contributed by atoms with van der Waals surface area (Å²) in [5, 5.41) is 12.4. The largest absolute Gasteiger partial charge is 0.478 e. The van der Waals surface area contributed by atoms with Crippen LogP contribution in [0.4, 0.5) is 9.39 Å². The predicted molar refractivity (Wildman–Crippen MR) is 90.3 cm³/mol. The Labute approximate surface area is 142 Å². The third kappa shape index (κ3) is 3.05. The fraction of sp³-hybridized carbons (Fsp3) is 0.294. The Kier molecular flexibility index (Phi) is 4.64. The molecular formula is C17H17FN2O3S. The summed E-state index contributed by atoms with van der Waals surface area (Å²) in [7, 11) is 0. The van der Waals surface area contributed by atoms with Gasteiger partial charge in [-0.2, -0.15) is 0 Å². The average molecular weight is 348 g/mol. The fourth-order valence-corrected chi connectivity index (χ4v) is 4.13. The number of fused-ring (bicyclic) bond motifs is 1. The van der Waals surface area contributed by atoms with Gasteiger partial charge in [-0.05, 0) is 30.7 Å². The third-order valence-corrected chi connectivity index (χ3v) is 5.27. The summed E-state index contributed by atoms with van der Waals surface area (Å²) < 4.78 is 13.7. The van der Waals surface area contributed by atoms with Crippen LogP contribution in [0.2, 0.25) is 0 Å². The second kappa shape index (κ2) is 6.70. The molecule has 0 atom stereocenters. The van der Waals surface area contributed by atoms with Crippen LogP contribution in [0.25, 0.3) is 0 Å². The normalized spacial score (nSPS) is 14.2. The summed E-state index contributed by atoms with van der Waals surface area (Å²) in [6.07, 6.45) is 0.636. The molecule has 0 fully saturated rings. The van der Waals surface area contributed by atoms with Crippen molar-refractivity contribution in [3.63, 3.8) is 0 Å². The highest BCUT2D eigenvalue weighted by molar-refractivity contribution is 7.17. The lowest BCUT2D eigenvalue weighted by Crippen LogP contribution is -2.29. The number of carboxylic acids is 1. The van der Waals surface area contributed by atoms with Crippen molar-refractivity contribution in [2.24, 2.45) is 0 Å². The molecule has 3 rings (SSSR count). The number of anilines is 1. The molecule has 1 aliphatic rings. The average Bonchev–Trinajstić information content (AvgIpc) is 2.91. The minimum absolute atomic E-state index is 0.101. The highest BCUT2D eigenvalue weighted by Gasteiger charge is 2.28. The number of halogens is 1. The molecule has 1 aliphatic heterocycles. The van der Waals surface area contributed by atoms with Gasteiger partial charge in [0.15, 0.2) is 0 Å². The van der Waals surface area contributed by atoms with E-state index < -0.39 is 17.7 Å². The van der Waals surface area contributed by atoms with Crippen LogP contribution in [0.1, 0.15) is 38.1 Å². The Morgan fingerprint density at radius 3 is 2.79 bits per heavy atom. The molecule has 2 aromatic rings. The molecule has 2 N–H and O–H groups in total. The van der Waals surface area contributed by atoms with Crippen molar-refractivity contribution < 1.29 is 19.1 Å². The molecule has 0 radical (unpaired) electrons. The van der Waals surface area contributed by atoms with Crippen LogP contribution >= 0.6 is 11.3 Å². The fourth-order valence-electron chi connectivity index (χ4n) is 2.86. The molecular weight excluding hydrogens is 331 g/mol. The Balaban J connectivity index is 1.94. The van der Waals surface area contributed by atoms with Gasteiger partial charge in [0.1, 0.15) is 10.8 Å². The number of carbonyl (C=O) groups is 2. The Morgan fingerprint density at radius 1 is 1.38 bits per heavy atom. The van der Waals surface area contributed by atoms with Gasteiger partial charge in [0.05, 0.1) is 11.1 Å². The molecule has 1 amide bonds. The number of carbonyl (C=O) groups excluding carboxylic acids is 1. The number of amides is 1. The minimum Gasteiger partial charge on any atom is -0.478 e. The van der Waals surface area contributed by atoms with E-state index in [4.69, 9.17) is 0 Å². The van der Waals surface area contributed by atoms with Gasteiger partial charge in [-0.3, -0.25) is 9.69 Å². The van der Waals surface area contributed by atoms with Crippen molar-refractivity contribution in [3.8, 4) is 0 Å². The van der Waals surface area contributed by atoms with Crippen molar-refractivity contribution >= 4 is 28.2 Å². The first kappa shape index (κ1) is 16.6. The summed E-state index contributed by atoms with van der Waals surface area (Å²) in [4.78, 5) is 27.1. The Hall–Kier alpha value is -2.25. The zero-order valence-electron chi connectivity index (χ0n) is 13.1. The number of hydrogen-bond donors (Lipinski definition) is 2. The van der Waals surface area contributed by atoms with Crippen LogP contribution < -0.4 is 5.32 Å². The highest BCUT2D eigenvalue weighted by atomic mass is 32.1. The lowest BCUT2D eigenvalue weighted by atomic mass is 10.0. The number of aromatic carboxylic acids is 1. The molecule has 0 saturated heterocycles. The quantitative estimate of drug-likeness (QED) is 0.890. The molecule has 2 heterocycles. The molecule has 1 aromatic carbocycles. The number of rotatable bonds is 4. The maximum Gasteiger partial charge on any atom is 0.339 e. The minimum atomic E-state index is -1.07. The lowest BCUT2D eigenvalue weighted by molar-refractivity contribution is 0.0696. The van der Waals surface area contributed by atoms with Crippen molar-refractivity contribution in [3.05, 3.63) is 51.7 Å². The topological polar surface area (TPSA) is 69.6 Å². The molecule has 0 saturated carbocycles. The van der Waals surface area contributed by atoms with Crippen LogP contribution in [-0.4, -0.2) is 35.0 Å². The second-order valence-electron chi connectivity index (χ2n) is 5.57. The van der Waals surface area contributed by atoms with Crippen molar-refractivity contribution in [1.82, 2.24) is 4.90 Å². The summed E-state index contributed by atoms with van der Waals surface area (Å²) in [5.41, 5.74) is 0.812. The molecule has 7 heteroatoms. The van der Waals surface area contributed by atoms with E-state index in [2.05, 4.69) is 17.1 Å². The van der Waals surface area contributed by atoms with Crippen LogP contribution in [-0.2, 0) is 13.0 Å². The van der Waals surface area contributed by atoms with Gasteiger partial charge in [-0.15, -0.1) is 11.3 Å². The predicted octanol–water partition coefficient (Wildman–Crippen LogP) is 3.22. The van der Waals surface area contributed by atoms with Gasteiger partial charge in [-0.25, -0.2) is 9.18 Å². The molecule has 0 spiro atoms. The van der Waals surface area contributed by atoms with Crippen LogP contribution in [0, 0.1) is 5.82 Å². The molecule has 0 bridgehead atoms.